The number of fused-ring (bicyclic) bond motifs is 1. The van der Waals surface area contributed by atoms with Gasteiger partial charge in [0.15, 0.2) is 5.17 Å². The second kappa shape index (κ2) is 7.62. The van der Waals surface area contributed by atoms with Crippen molar-refractivity contribution in [1.29, 1.82) is 0 Å². The van der Waals surface area contributed by atoms with Crippen LogP contribution in [0.5, 0.6) is 0 Å². The highest BCUT2D eigenvalue weighted by molar-refractivity contribution is 8.18. The SMILES string of the molecule is Cc1cccc(N=C2NC(=O)/C(=C/c3ccc4c(c3)[C@H](C)CC(C)(C)N4C)S2)c1C. The lowest BCUT2D eigenvalue weighted by molar-refractivity contribution is -0.115. The number of nitrogens with zero attached hydrogens (tertiary/aromatic N) is 2. The van der Waals surface area contributed by atoms with E-state index in [2.05, 4.69) is 81.1 Å². The number of carbonyl (C=O) groups is 1. The third kappa shape index (κ3) is 3.79. The van der Waals surface area contributed by atoms with Gasteiger partial charge in [0.2, 0.25) is 0 Å². The van der Waals surface area contributed by atoms with Crippen molar-refractivity contribution in [3.8, 4) is 0 Å². The van der Waals surface area contributed by atoms with E-state index in [4.69, 9.17) is 0 Å². The molecule has 0 spiro atoms. The van der Waals surface area contributed by atoms with Gasteiger partial charge in [-0.2, -0.15) is 0 Å². The number of aliphatic imine (C=N–C) groups is 1. The maximum atomic E-state index is 12.5. The molecule has 1 N–H and O–H groups in total. The first-order chi connectivity index (χ1) is 14.2. The van der Waals surface area contributed by atoms with Crippen LogP contribution in [0.15, 0.2) is 46.3 Å². The van der Waals surface area contributed by atoms with E-state index in [9.17, 15) is 4.79 Å². The van der Waals surface area contributed by atoms with Crippen molar-refractivity contribution >= 4 is 40.3 Å². The van der Waals surface area contributed by atoms with Crippen LogP contribution in [0.25, 0.3) is 6.08 Å². The first-order valence-corrected chi connectivity index (χ1v) is 11.2. The van der Waals surface area contributed by atoms with Crippen LogP contribution in [0.4, 0.5) is 11.4 Å². The molecule has 0 unspecified atom stereocenters. The minimum Gasteiger partial charge on any atom is -0.369 e. The summed E-state index contributed by atoms with van der Waals surface area (Å²) < 4.78 is 0. The minimum atomic E-state index is -0.0897. The summed E-state index contributed by atoms with van der Waals surface area (Å²) in [5, 5.41) is 3.54. The predicted octanol–water partition coefficient (Wildman–Crippen LogP) is 5.92. The maximum Gasteiger partial charge on any atom is 0.264 e. The number of benzene rings is 2. The van der Waals surface area contributed by atoms with Crippen LogP contribution in [0.3, 0.4) is 0 Å². The highest BCUT2D eigenvalue weighted by Gasteiger charge is 2.34. The number of nitrogens with one attached hydrogen (secondary N) is 1. The summed E-state index contributed by atoms with van der Waals surface area (Å²) in [7, 11) is 2.17. The number of anilines is 1. The van der Waals surface area contributed by atoms with Gasteiger partial charge in [-0.25, -0.2) is 4.99 Å². The van der Waals surface area contributed by atoms with E-state index in [-0.39, 0.29) is 11.4 Å². The summed E-state index contributed by atoms with van der Waals surface area (Å²) in [4.78, 5) is 20.2. The molecule has 1 saturated heterocycles. The summed E-state index contributed by atoms with van der Waals surface area (Å²) >= 11 is 1.40. The van der Waals surface area contributed by atoms with E-state index in [0.717, 1.165) is 23.2 Å². The van der Waals surface area contributed by atoms with Crippen molar-refractivity contribution in [2.45, 2.75) is 52.5 Å². The molecule has 1 fully saturated rings. The second-order valence-corrected chi connectivity index (χ2v) is 10.0. The van der Waals surface area contributed by atoms with E-state index >= 15 is 0 Å². The molecule has 2 aromatic rings. The highest BCUT2D eigenvalue weighted by atomic mass is 32.2. The van der Waals surface area contributed by atoms with Crippen LogP contribution in [-0.2, 0) is 4.79 Å². The fourth-order valence-corrected chi connectivity index (χ4v) is 5.12. The Labute approximate surface area is 183 Å². The highest BCUT2D eigenvalue weighted by Crippen LogP contribution is 2.43. The maximum absolute atomic E-state index is 12.5. The molecule has 2 heterocycles. The van der Waals surface area contributed by atoms with Crippen LogP contribution >= 0.6 is 11.8 Å². The fraction of sp³-hybridized carbons (Fsp3) is 0.360. The van der Waals surface area contributed by atoms with Crippen molar-refractivity contribution in [3.05, 3.63) is 63.6 Å². The molecule has 1 amide bonds. The fourth-order valence-electron chi connectivity index (χ4n) is 4.28. The molecule has 4 rings (SSSR count). The summed E-state index contributed by atoms with van der Waals surface area (Å²) in [6, 6.07) is 12.6. The summed E-state index contributed by atoms with van der Waals surface area (Å²) in [6.45, 7) is 11.0. The van der Waals surface area contributed by atoms with E-state index < -0.39 is 0 Å². The zero-order valence-corrected chi connectivity index (χ0v) is 19.4. The van der Waals surface area contributed by atoms with Gasteiger partial charge < -0.3 is 10.2 Å². The molecule has 1 atom stereocenters. The number of carbonyl (C=O) groups excluding carboxylic acids is 1. The first-order valence-electron chi connectivity index (χ1n) is 10.4. The molecule has 2 aliphatic rings. The summed E-state index contributed by atoms with van der Waals surface area (Å²) in [5.41, 5.74) is 7.05. The van der Waals surface area contributed by atoms with Gasteiger partial charge in [0, 0.05) is 18.3 Å². The lowest BCUT2D eigenvalue weighted by Crippen LogP contribution is -2.45. The molecule has 156 valence electrons. The zero-order valence-electron chi connectivity index (χ0n) is 18.5. The van der Waals surface area contributed by atoms with Gasteiger partial charge in [0.1, 0.15) is 0 Å². The molecular formula is C25H29N3OS. The number of hydrogen-bond acceptors (Lipinski definition) is 4. The van der Waals surface area contributed by atoms with Crippen molar-refractivity contribution in [2.24, 2.45) is 4.99 Å². The Morgan fingerprint density at radius 1 is 1.23 bits per heavy atom. The minimum absolute atomic E-state index is 0.0897. The third-order valence-corrected chi connectivity index (χ3v) is 7.31. The molecular weight excluding hydrogens is 390 g/mol. The molecule has 0 bridgehead atoms. The van der Waals surface area contributed by atoms with E-state index in [0.29, 0.717) is 16.0 Å². The van der Waals surface area contributed by atoms with Crippen LogP contribution < -0.4 is 10.2 Å². The Bertz CT molecular complexity index is 1080. The Morgan fingerprint density at radius 2 is 2.00 bits per heavy atom. The summed E-state index contributed by atoms with van der Waals surface area (Å²) in [6.07, 6.45) is 3.08. The smallest absolute Gasteiger partial charge is 0.264 e. The topological polar surface area (TPSA) is 44.7 Å². The average Bonchev–Trinajstić information content (AvgIpc) is 3.02. The van der Waals surface area contributed by atoms with Crippen molar-refractivity contribution in [3.63, 3.8) is 0 Å². The van der Waals surface area contributed by atoms with Crippen LogP contribution in [-0.4, -0.2) is 23.7 Å². The number of hydrogen-bond donors (Lipinski definition) is 1. The average molecular weight is 420 g/mol. The van der Waals surface area contributed by atoms with Crippen LogP contribution in [0.2, 0.25) is 0 Å². The number of amidine groups is 1. The largest absolute Gasteiger partial charge is 0.369 e. The van der Waals surface area contributed by atoms with Gasteiger partial charge in [-0.3, -0.25) is 4.79 Å². The van der Waals surface area contributed by atoms with Gasteiger partial charge in [-0.05, 0) is 98.3 Å². The summed E-state index contributed by atoms with van der Waals surface area (Å²) in [5.74, 6) is 0.393. The lowest BCUT2D eigenvalue weighted by Gasteiger charge is -2.45. The third-order valence-electron chi connectivity index (χ3n) is 6.40. The Morgan fingerprint density at radius 3 is 2.77 bits per heavy atom. The number of rotatable bonds is 2. The second-order valence-electron chi connectivity index (χ2n) is 9.00. The van der Waals surface area contributed by atoms with E-state index in [1.807, 2.05) is 18.2 Å². The predicted molar refractivity (Wildman–Crippen MR) is 129 cm³/mol. The van der Waals surface area contributed by atoms with Crippen molar-refractivity contribution in [2.75, 3.05) is 11.9 Å². The van der Waals surface area contributed by atoms with Crippen molar-refractivity contribution in [1.82, 2.24) is 5.32 Å². The van der Waals surface area contributed by atoms with Gasteiger partial charge in [0.05, 0.1) is 10.6 Å². The molecule has 2 aromatic carbocycles. The first kappa shape index (κ1) is 20.7. The molecule has 30 heavy (non-hydrogen) atoms. The molecule has 0 aliphatic carbocycles. The molecule has 0 radical (unpaired) electrons. The molecule has 0 aromatic heterocycles. The van der Waals surface area contributed by atoms with Gasteiger partial charge in [0.25, 0.3) is 5.91 Å². The van der Waals surface area contributed by atoms with Crippen LogP contribution in [0.1, 0.15) is 55.4 Å². The molecule has 4 nitrogen and oxygen atoms in total. The van der Waals surface area contributed by atoms with Gasteiger partial charge in [-0.1, -0.05) is 25.1 Å². The Hall–Kier alpha value is -2.53. The number of aryl methyl sites for hydroxylation is 1. The van der Waals surface area contributed by atoms with E-state index in [1.54, 1.807) is 0 Å². The van der Waals surface area contributed by atoms with E-state index in [1.165, 1.54) is 28.6 Å². The van der Waals surface area contributed by atoms with Gasteiger partial charge in [-0.15, -0.1) is 0 Å². The lowest BCUT2D eigenvalue weighted by atomic mass is 9.80. The molecule has 5 heteroatoms. The Kier molecular flexibility index (Phi) is 5.27. The van der Waals surface area contributed by atoms with Gasteiger partial charge >= 0.3 is 0 Å². The normalized spacial score (nSPS) is 23.1. The Balaban J connectivity index is 1.62. The standard InChI is InChI=1S/C25H29N3OS/c1-15-8-7-9-20(17(15)3)26-24-27-23(29)22(30-24)13-18-10-11-21-19(12-18)16(2)14-25(4,5)28(21)6/h7-13,16H,14H2,1-6H3,(H,26,27,29)/b22-13-/t16-/m1/s1. The number of amides is 1. The molecule has 2 aliphatic heterocycles. The van der Waals surface area contributed by atoms with Crippen LogP contribution in [0, 0.1) is 13.8 Å². The monoisotopic (exact) mass is 419 g/mol. The van der Waals surface area contributed by atoms with Crippen molar-refractivity contribution < 1.29 is 4.79 Å². The zero-order chi connectivity index (χ0) is 21.6. The number of thioether (sulfide) groups is 1. The molecule has 0 saturated carbocycles. The quantitative estimate of drug-likeness (QED) is 0.615.